The molecule has 0 aliphatic heterocycles. The Morgan fingerprint density at radius 1 is 1.20 bits per heavy atom. The quantitative estimate of drug-likeness (QED) is 0.577. The van der Waals surface area contributed by atoms with E-state index in [9.17, 15) is 9.18 Å². The number of fused-ring (bicyclic) bond motifs is 2. The SMILES string of the molecule is O=c1[nH]c2ccccc2n1-c1nc2ccc(F)cc2o1. The van der Waals surface area contributed by atoms with Gasteiger partial charge in [0, 0.05) is 6.07 Å². The summed E-state index contributed by atoms with van der Waals surface area (Å²) in [5, 5.41) is 0. The number of rotatable bonds is 1. The van der Waals surface area contributed by atoms with Crippen LogP contribution in [-0.4, -0.2) is 14.5 Å². The van der Waals surface area contributed by atoms with Crippen LogP contribution in [0.4, 0.5) is 4.39 Å². The smallest absolute Gasteiger partial charge is 0.334 e. The molecule has 0 fully saturated rings. The summed E-state index contributed by atoms with van der Waals surface area (Å²) in [5.41, 5.74) is 1.80. The highest BCUT2D eigenvalue weighted by Crippen LogP contribution is 2.21. The van der Waals surface area contributed by atoms with Crippen molar-refractivity contribution in [1.29, 1.82) is 0 Å². The maximum Gasteiger partial charge on any atom is 0.334 e. The Bertz CT molecular complexity index is 996. The highest BCUT2D eigenvalue weighted by molar-refractivity contribution is 5.78. The van der Waals surface area contributed by atoms with Gasteiger partial charge in [-0.05, 0) is 24.3 Å². The number of hydrogen-bond donors (Lipinski definition) is 1. The summed E-state index contributed by atoms with van der Waals surface area (Å²) in [4.78, 5) is 18.9. The number of imidazole rings is 1. The largest absolute Gasteiger partial charge is 0.423 e. The van der Waals surface area contributed by atoms with Gasteiger partial charge >= 0.3 is 11.7 Å². The van der Waals surface area contributed by atoms with E-state index in [2.05, 4.69) is 9.97 Å². The normalized spacial score (nSPS) is 11.4. The third kappa shape index (κ3) is 1.48. The van der Waals surface area contributed by atoms with E-state index < -0.39 is 5.82 Å². The molecular formula is C14H8FN3O2. The van der Waals surface area contributed by atoms with Crippen molar-refractivity contribution < 1.29 is 8.81 Å². The van der Waals surface area contributed by atoms with Gasteiger partial charge in [0.05, 0.1) is 11.0 Å². The lowest BCUT2D eigenvalue weighted by molar-refractivity contribution is 0.559. The van der Waals surface area contributed by atoms with Crippen LogP contribution in [-0.2, 0) is 0 Å². The summed E-state index contributed by atoms with van der Waals surface area (Å²) >= 11 is 0. The van der Waals surface area contributed by atoms with Gasteiger partial charge in [0.1, 0.15) is 11.3 Å². The molecule has 2 heterocycles. The van der Waals surface area contributed by atoms with Crippen LogP contribution in [0.3, 0.4) is 0 Å². The summed E-state index contributed by atoms with van der Waals surface area (Å²) in [7, 11) is 0. The summed E-state index contributed by atoms with van der Waals surface area (Å²) in [6.07, 6.45) is 0. The molecule has 1 N–H and O–H groups in total. The fraction of sp³-hybridized carbons (Fsp3) is 0. The molecule has 98 valence electrons. The number of halogens is 1. The number of nitrogens with one attached hydrogen (secondary N) is 1. The number of hydrogen-bond acceptors (Lipinski definition) is 3. The molecule has 0 amide bonds. The van der Waals surface area contributed by atoms with Crippen molar-refractivity contribution in [3.63, 3.8) is 0 Å². The van der Waals surface area contributed by atoms with Crippen molar-refractivity contribution in [2.45, 2.75) is 0 Å². The lowest BCUT2D eigenvalue weighted by atomic mass is 10.3. The predicted octanol–water partition coefficient (Wildman–Crippen LogP) is 2.60. The molecular weight excluding hydrogens is 261 g/mol. The fourth-order valence-corrected chi connectivity index (χ4v) is 2.23. The lowest BCUT2D eigenvalue weighted by Gasteiger charge is -1.95. The number of H-pyrrole nitrogens is 1. The molecule has 0 atom stereocenters. The standard InChI is InChI=1S/C14H8FN3O2/c15-8-5-6-10-12(7-8)20-14(17-10)18-11-4-2-1-3-9(11)16-13(18)19/h1-7H,(H,16,19). The molecule has 0 aliphatic carbocycles. The Morgan fingerprint density at radius 2 is 2.05 bits per heavy atom. The summed E-state index contributed by atoms with van der Waals surface area (Å²) in [5.74, 6) is -0.411. The molecule has 5 nitrogen and oxygen atoms in total. The van der Waals surface area contributed by atoms with Crippen LogP contribution in [0.5, 0.6) is 0 Å². The van der Waals surface area contributed by atoms with Crippen LogP contribution in [0.1, 0.15) is 0 Å². The second kappa shape index (κ2) is 3.80. The molecule has 0 saturated carbocycles. The number of oxazole rings is 1. The maximum absolute atomic E-state index is 13.2. The van der Waals surface area contributed by atoms with Gasteiger partial charge in [0.2, 0.25) is 0 Å². The number of para-hydroxylation sites is 2. The number of aromatic nitrogens is 3. The molecule has 0 aliphatic rings. The molecule has 4 aromatic rings. The minimum absolute atomic E-state index is 0.119. The number of aromatic amines is 1. The molecule has 0 saturated heterocycles. The van der Waals surface area contributed by atoms with Crippen molar-refractivity contribution >= 4 is 22.1 Å². The van der Waals surface area contributed by atoms with Gasteiger partial charge in [0.15, 0.2) is 5.58 Å². The van der Waals surface area contributed by atoms with E-state index in [-0.39, 0.29) is 11.7 Å². The van der Waals surface area contributed by atoms with Crippen molar-refractivity contribution in [2.24, 2.45) is 0 Å². The van der Waals surface area contributed by atoms with Gasteiger partial charge in [-0.15, -0.1) is 0 Å². The van der Waals surface area contributed by atoms with Crippen molar-refractivity contribution in [3.05, 3.63) is 58.8 Å². The van der Waals surface area contributed by atoms with Gasteiger partial charge in [-0.3, -0.25) is 0 Å². The van der Waals surface area contributed by atoms with Crippen LogP contribution in [0, 0.1) is 5.82 Å². The molecule has 0 bridgehead atoms. The van der Waals surface area contributed by atoms with E-state index in [1.807, 2.05) is 12.1 Å². The van der Waals surface area contributed by atoms with Crippen LogP contribution >= 0.6 is 0 Å². The molecule has 2 aromatic carbocycles. The van der Waals surface area contributed by atoms with Crippen molar-refractivity contribution in [3.8, 4) is 6.01 Å². The molecule has 6 heteroatoms. The first-order valence-corrected chi connectivity index (χ1v) is 5.98. The predicted molar refractivity (Wildman–Crippen MR) is 71.4 cm³/mol. The van der Waals surface area contributed by atoms with E-state index >= 15 is 0 Å². The highest BCUT2D eigenvalue weighted by atomic mass is 19.1. The van der Waals surface area contributed by atoms with Crippen molar-refractivity contribution in [1.82, 2.24) is 14.5 Å². The first-order valence-electron chi connectivity index (χ1n) is 5.98. The third-order valence-electron chi connectivity index (χ3n) is 3.12. The average molecular weight is 269 g/mol. The monoisotopic (exact) mass is 269 g/mol. The maximum atomic E-state index is 13.2. The second-order valence-electron chi connectivity index (χ2n) is 4.39. The average Bonchev–Trinajstić information content (AvgIpc) is 2.97. The van der Waals surface area contributed by atoms with Gasteiger partial charge in [0.25, 0.3) is 0 Å². The van der Waals surface area contributed by atoms with Crippen LogP contribution in [0.25, 0.3) is 28.1 Å². The van der Waals surface area contributed by atoms with E-state index in [1.165, 1.54) is 22.8 Å². The molecule has 0 radical (unpaired) electrons. The summed E-state index contributed by atoms with van der Waals surface area (Å²) in [6, 6.07) is 11.4. The Hall–Kier alpha value is -2.89. The van der Waals surface area contributed by atoms with Gasteiger partial charge < -0.3 is 9.40 Å². The zero-order chi connectivity index (χ0) is 13.7. The first kappa shape index (κ1) is 11.0. The molecule has 2 aromatic heterocycles. The van der Waals surface area contributed by atoms with E-state index in [0.29, 0.717) is 22.1 Å². The zero-order valence-electron chi connectivity index (χ0n) is 10.1. The van der Waals surface area contributed by atoms with E-state index in [1.54, 1.807) is 12.1 Å². The fourth-order valence-electron chi connectivity index (χ4n) is 2.23. The number of nitrogens with zero attached hydrogens (tertiary/aromatic N) is 2. The second-order valence-corrected chi connectivity index (χ2v) is 4.39. The molecule has 0 unspecified atom stereocenters. The summed E-state index contributed by atoms with van der Waals surface area (Å²) in [6.45, 7) is 0. The minimum Gasteiger partial charge on any atom is -0.423 e. The Labute approximate surface area is 111 Å². The minimum atomic E-state index is -0.411. The summed E-state index contributed by atoms with van der Waals surface area (Å²) < 4.78 is 20.0. The molecule has 20 heavy (non-hydrogen) atoms. The van der Waals surface area contributed by atoms with Gasteiger partial charge in [-0.2, -0.15) is 4.98 Å². The van der Waals surface area contributed by atoms with Gasteiger partial charge in [-0.1, -0.05) is 12.1 Å². The Kier molecular flexibility index (Phi) is 2.09. The van der Waals surface area contributed by atoms with Crippen LogP contribution in [0.15, 0.2) is 51.7 Å². The number of benzene rings is 2. The highest BCUT2D eigenvalue weighted by Gasteiger charge is 2.14. The van der Waals surface area contributed by atoms with Crippen LogP contribution in [0.2, 0.25) is 0 Å². The van der Waals surface area contributed by atoms with E-state index in [4.69, 9.17) is 4.42 Å². The van der Waals surface area contributed by atoms with Gasteiger partial charge in [-0.25, -0.2) is 13.8 Å². The molecule has 0 spiro atoms. The first-order chi connectivity index (χ1) is 9.72. The van der Waals surface area contributed by atoms with Crippen LogP contribution < -0.4 is 5.69 Å². The van der Waals surface area contributed by atoms with Crippen molar-refractivity contribution in [2.75, 3.05) is 0 Å². The zero-order valence-corrected chi connectivity index (χ0v) is 10.1. The lowest BCUT2D eigenvalue weighted by Crippen LogP contribution is -2.14. The van der Waals surface area contributed by atoms with E-state index in [0.717, 1.165) is 0 Å². The third-order valence-corrected chi connectivity index (χ3v) is 3.12. The Morgan fingerprint density at radius 3 is 2.95 bits per heavy atom. The molecule has 4 rings (SSSR count). The Balaban J connectivity index is 2.06. The topological polar surface area (TPSA) is 63.8 Å².